The van der Waals surface area contributed by atoms with Crippen molar-refractivity contribution in [3.8, 4) is 0 Å². The Morgan fingerprint density at radius 3 is 1.94 bits per heavy atom. The molecule has 0 unspecified atom stereocenters. The highest BCUT2D eigenvalue weighted by molar-refractivity contribution is 5.89. The van der Waals surface area contributed by atoms with Crippen LogP contribution in [0.1, 0.15) is 50.8 Å². The van der Waals surface area contributed by atoms with E-state index < -0.39 is 0 Å². The molecule has 5 rings (SSSR count). The zero-order chi connectivity index (χ0) is 24.9. The number of aryl methyl sites for hydroxylation is 2. The first-order valence-corrected chi connectivity index (χ1v) is 12.5. The largest absolute Gasteiger partial charge is 0.465 e. The van der Waals surface area contributed by atoms with Gasteiger partial charge in [0.2, 0.25) is 0 Å². The number of fused-ring (bicyclic) bond motifs is 1. The molecule has 0 atom stereocenters. The molecule has 0 saturated heterocycles. The second-order valence-electron chi connectivity index (χ2n) is 9.22. The average molecular weight is 474 g/mol. The van der Waals surface area contributed by atoms with E-state index in [-0.39, 0.29) is 12.0 Å². The van der Waals surface area contributed by atoms with Gasteiger partial charge in [-0.05, 0) is 66.6 Å². The van der Waals surface area contributed by atoms with Gasteiger partial charge in [0.1, 0.15) is 0 Å². The van der Waals surface area contributed by atoms with Gasteiger partial charge in [0.25, 0.3) is 0 Å². The van der Waals surface area contributed by atoms with Gasteiger partial charge in [-0.2, -0.15) is 0 Å². The topological polar surface area (TPSA) is 31.2 Å². The summed E-state index contributed by atoms with van der Waals surface area (Å²) in [4.78, 5) is 11.7. The normalized spacial score (nSPS) is 11.2. The molecule has 0 aliphatic rings. The lowest BCUT2D eigenvalue weighted by atomic mass is 9.98. The number of hydrogen-bond donors (Lipinski definition) is 0. The van der Waals surface area contributed by atoms with Crippen LogP contribution in [0.25, 0.3) is 10.9 Å². The fourth-order valence-electron chi connectivity index (χ4n) is 5.26. The number of carbonyl (C=O) groups is 1. The number of methoxy groups -OCH3 is 1. The summed E-state index contributed by atoms with van der Waals surface area (Å²) in [6, 6.07) is 38.2. The molecule has 0 fully saturated rings. The predicted molar refractivity (Wildman–Crippen MR) is 147 cm³/mol. The Labute approximate surface area is 213 Å². The van der Waals surface area contributed by atoms with Gasteiger partial charge in [-0.25, -0.2) is 4.79 Å². The van der Waals surface area contributed by atoms with Crippen molar-refractivity contribution in [1.82, 2.24) is 4.57 Å². The third-order valence-corrected chi connectivity index (χ3v) is 7.04. The minimum Gasteiger partial charge on any atom is -0.465 e. The highest BCUT2D eigenvalue weighted by atomic mass is 16.5. The molecular weight excluding hydrogens is 442 g/mol. The number of rotatable bonds is 8. The predicted octanol–water partition coefficient (Wildman–Crippen LogP) is 7.55. The van der Waals surface area contributed by atoms with Crippen molar-refractivity contribution < 1.29 is 9.53 Å². The fraction of sp³-hybridized carbons (Fsp3) is 0.182. The van der Waals surface area contributed by atoms with Crippen LogP contribution in [-0.4, -0.2) is 17.6 Å². The minimum atomic E-state index is -0.295. The van der Waals surface area contributed by atoms with Gasteiger partial charge in [-0.15, -0.1) is 0 Å². The summed E-state index contributed by atoms with van der Waals surface area (Å²) in [5.74, 6) is -0.295. The molecule has 5 aromatic rings. The van der Waals surface area contributed by atoms with Crippen LogP contribution in [0.4, 0.5) is 0 Å². The van der Waals surface area contributed by atoms with Crippen LogP contribution in [0.5, 0.6) is 0 Å². The van der Waals surface area contributed by atoms with Gasteiger partial charge in [0.15, 0.2) is 0 Å². The molecule has 0 N–H and O–H groups in total. The maximum absolute atomic E-state index is 11.7. The summed E-state index contributed by atoms with van der Waals surface area (Å²) in [5.41, 5.74) is 8.38. The van der Waals surface area contributed by atoms with Gasteiger partial charge < -0.3 is 9.30 Å². The van der Waals surface area contributed by atoms with Crippen molar-refractivity contribution in [2.75, 3.05) is 7.11 Å². The Morgan fingerprint density at radius 1 is 0.750 bits per heavy atom. The minimum absolute atomic E-state index is 0.108. The van der Waals surface area contributed by atoms with E-state index in [9.17, 15) is 4.79 Å². The lowest BCUT2D eigenvalue weighted by Gasteiger charge is -2.23. The summed E-state index contributed by atoms with van der Waals surface area (Å²) in [6.07, 6.45) is 2.99. The molecule has 0 aliphatic heterocycles. The number of ether oxygens (including phenoxy) is 1. The van der Waals surface area contributed by atoms with Gasteiger partial charge in [-0.3, -0.25) is 0 Å². The van der Waals surface area contributed by atoms with E-state index in [0.717, 1.165) is 19.3 Å². The lowest BCUT2D eigenvalue weighted by Crippen LogP contribution is -2.14. The van der Waals surface area contributed by atoms with E-state index in [1.807, 2.05) is 24.3 Å². The molecule has 3 heteroatoms. The first-order valence-electron chi connectivity index (χ1n) is 12.5. The van der Waals surface area contributed by atoms with Gasteiger partial charge in [0, 0.05) is 16.6 Å². The van der Waals surface area contributed by atoms with Crippen LogP contribution >= 0.6 is 0 Å². The number of para-hydroxylation sites is 1. The van der Waals surface area contributed by atoms with E-state index in [1.165, 1.54) is 46.0 Å². The van der Waals surface area contributed by atoms with Crippen molar-refractivity contribution >= 4 is 16.9 Å². The van der Waals surface area contributed by atoms with Crippen molar-refractivity contribution in [2.24, 2.45) is 0 Å². The van der Waals surface area contributed by atoms with Gasteiger partial charge in [0.05, 0.1) is 18.7 Å². The second kappa shape index (κ2) is 10.7. The molecule has 36 heavy (non-hydrogen) atoms. The van der Waals surface area contributed by atoms with Gasteiger partial charge >= 0.3 is 5.97 Å². The summed E-state index contributed by atoms with van der Waals surface area (Å²) in [5, 5.41) is 1.33. The molecule has 1 aromatic heterocycles. The number of hydrogen-bond acceptors (Lipinski definition) is 2. The first kappa shape index (κ1) is 23.6. The number of aromatic nitrogens is 1. The van der Waals surface area contributed by atoms with Crippen LogP contribution in [0.2, 0.25) is 0 Å². The summed E-state index contributed by atoms with van der Waals surface area (Å²) in [6.45, 7) is 2.26. The standard InChI is InChI=1S/C33H31NO2/c1-24-29(18-11-12-25-20-22-28(23-21-25)33(35)36-2)30-17-9-10-19-31(30)34(24)32(26-13-5-3-6-14-26)27-15-7-4-8-16-27/h3-10,13-17,19-23,32H,11-12,18H2,1-2H3. The van der Waals surface area contributed by atoms with Crippen LogP contribution < -0.4 is 0 Å². The van der Waals surface area contributed by atoms with Crippen molar-refractivity contribution in [2.45, 2.75) is 32.2 Å². The molecule has 3 nitrogen and oxygen atoms in total. The van der Waals surface area contributed by atoms with E-state index in [0.29, 0.717) is 5.56 Å². The molecule has 0 saturated carbocycles. The van der Waals surface area contributed by atoms with Crippen molar-refractivity contribution in [3.63, 3.8) is 0 Å². The van der Waals surface area contributed by atoms with Crippen LogP contribution in [0, 0.1) is 6.92 Å². The maximum atomic E-state index is 11.7. The van der Waals surface area contributed by atoms with Crippen LogP contribution in [0.15, 0.2) is 109 Å². The fourth-order valence-corrected chi connectivity index (χ4v) is 5.26. The third-order valence-electron chi connectivity index (χ3n) is 7.04. The first-order chi connectivity index (χ1) is 17.7. The monoisotopic (exact) mass is 473 g/mol. The summed E-state index contributed by atoms with van der Waals surface area (Å²) < 4.78 is 7.33. The highest BCUT2D eigenvalue weighted by Gasteiger charge is 2.23. The smallest absolute Gasteiger partial charge is 0.337 e. The molecule has 180 valence electrons. The van der Waals surface area contributed by atoms with Gasteiger partial charge in [-0.1, -0.05) is 91.0 Å². The van der Waals surface area contributed by atoms with Crippen LogP contribution in [0.3, 0.4) is 0 Å². The maximum Gasteiger partial charge on any atom is 0.337 e. The Hall–Kier alpha value is -4.11. The zero-order valence-corrected chi connectivity index (χ0v) is 20.9. The number of esters is 1. The van der Waals surface area contributed by atoms with E-state index in [1.54, 1.807) is 0 Å². The lowest BCUT2D eigenvalue weighted by molar-refractivity contribution is 0.0600. The summed E-state index contributed by atoms with van der Waals surface area (Å²) in [7, 11) is 1.41. The van der Waals surface area contributed by atoms with E-state index >= 15 is 0 Å². The van der Waals surface area contributed by atoms with E-state index in [4.69, 9.17) is 4.74 Å². The molecule has 1 heterocycles. The second-order valence-corrected chi connectivity index (χ2v) is 9.22. The highest BCUT2D eigenvalue weighted by Crippen LogP contribution is 2.36. The third kappa shape index (κ3) is 4.70. The Kier molecular flexibility index (Phi) is 6.99. The number of carbonyl (C=O) groups excluding carboxylic acids is 1. The molecule has 0 bridgehead atoms. The van der Waals surface area contributed by atoms with E-state index in [2.05, 4.69) is 96.4 Å². The molecule has 4 aromatic carbocycles. The molecule has 0 spiro atoms. The van der Waals surface area contributed by atoms with Crippen molar-refractivity contribution in [1.29, 1.82) is 0 Å². The Balaban J connectivity index is 1.48. The molecular formula is C33H31NO2. The number of benzene rings is 4. The Bertz CT molecular complexity index is 1410. The Morgan fingerprint density at radius 2 is 1.33 bits per heavy atom. The SMILES string of the molecule is COC(=O)c1ccc(CCCc2c(C)n(C(c3ccccc3)c3ccccc3)c3ccccc23)cc1. The average Bonchev–Trinajstić information content (AvgIpc) is 3.21. The van der Waals surface area contributed by atoms with Crippen LogP contribution in [-0.2, 0) is 17.6 Å². The molecule has 0 radical (unpaired) electrons. The molecule has 0 aliphatic carbocycles. The quantitative estimate of drug-likeness (QED) is 0.218. The summed E-state index contributed by atoms with van der Waals surface area (Å²) >= 11 is 0. The zero-order valence-electron chi connectivity index (χ0n) is 20.9. The van der Waals surface area contributed by atoms with Crippen molar-refractivity contribution in [3.05, 3.63) is 143 Å². The molecule has 0 amide bonds. The number of nitrogens with zero attached hydrogens (tertiary/aromatic N) is 1.